The van der Waals surface area contributed by atoms with E-state index >= 15 is 0 Å². The summed E-state index contributed by atoms with van der Waals surface area (Å²) in [6.45, 7) is 16.4. The number of anilines is 1. The molecule has 2 N–H and O–H groups in total. The highest BCUT2D eigenvalue weighted by Crippen LogP contribution is 2.25. The van der Waals surface area contributed by atoms with Gasteiger partial charge in [0.15, 0.2) is 0 Å². The zero-order chi connectivity index (χ0) is 32.3. The summed E-state index contributed by atoms with van der Waals surface area (Å²) < 4.78 is 0. The first kappa shape index (κ1) is 39.2. The van der Waals surface area contributed by atoms with Gasteiger partial charge in [-0.3, -0.25) is 0 Å². The average Bonchev–Trinajstić information content (AvgIpc) is 3.11. The maximum Gasteiger partial charge on any atom is 0.0370 e. The van der Waals surface area contributed by atoms with Crippen LogP contribution >= 0.6 is 0 Å². The summed E-state index contributed by atoms with van der Waals surface area (Å²) in [7, 11) is 1.98. The maximum absolute atomic E-state index is 3.48. The summed E-state index contributed by atoms with van der Waals surface area (Å²) in [4.78, 5) is 0. The van der Waals surface area contributed by atoms with Gasteiger partial charge in [-0.2, -0.15) is 0 Å². The van der Waals surface area contributed by atoms with E-state index in [0.29, 0.717) is 0 Å². The minimum atomic E-state index is 0.774. The molecule has 0 aliphatic carbocycles. The van der Waals surface area contributed by atoms with Gasteiger partial charge in [-0.15, -0.1) is 6.58 Å². The Bertz CT molecular complexity index is 1080. The van der Waals surface area contributed by atoms with Gasteiger partial charge >= 0.3 is 0 Å². The molecule has 0 aromatic heterocycles. The Kier molecular flexibility index (Phi) is 23.6. The lowest BCUT2D eigenvalue weighted by molar-refractivity contribution is 0.460. The van der Waals surface area contributed by atoms with Crippen LogP contribution in [-0.4, -0.2) is 20.1 Å². The van der Waals surface area contributed by atoms with Crippen LogP contribution < -0.4 is 10.6 Å². The van der Waals surface area contributed by atoms with Gasteiger partial charge in [0.1, 0.15) is 0 Å². The van der Waals surface area contributed by atoms with Crippen LogP contribution in [0, 0.1) is 0 Å². The van der Waals surface area contributed by atoms with Crippen molar-refractivity contribution in [3.05, 3.63) is 113 Å². The van der Waals surface area contributed by atoms with Crippen LogP contribution in [-0.2, 0) is 25.7 Å². The third-order valence-corrected chi connectivity index (χ3v) is 8.33. The van der Waals surface area contributed by atoms with Crippen LogP contribution in [0.25, 0.3) is 0 Å². The van der Waals surface area contributed by atoms with Gasteiger partial charge in [0.25, 0.3) is 0 Å². The van der Waals surface area contributed by atoms with Crippen molar-refractivity contribution in [1.29, 1.82) is 0 Å². The molecule has 0 spiro atoms. The molecule has 0 saturated carbocycles. The van der Waals surface area contributed by atoms with Crippen LogP contribution in [0.4, 0.5) is 5.69 Å². The van der Waals surface area contributed by atoms with Gasteiger partial charge in [-0.05, 0) is 117 Å². The van der Waals surface area contributed by atoms with Gasteiger partial charge in [0.2, 0.25) is 0 Å². The summed E-state index contributed by atoms with van der Waals surface area (Å²) >= 11 is 0. The monoisotopic (exact) mass is 599 g/mol. The molecule has 0 amide bonds. The predicted octanol–water partition coefficient (Wildman–Crippen LogP) is 11.7. The van der Waals surface area contributed by atoms with Crippen LogP contribution in [0.5, 0.6) is 0 Å². The minimum absolute atomic E-state index is 0.774. The van der Waals surface area contributed by atoms with E-state index in [-0.39, 0.29) is 0 Å². The SMILES string of the molecule is C=CCC.CC.CCCCc1ccccc1NC.CCc1ccccc1CCCCCCc1ccc(C2CCNCC2)cc1. The summed E-state index contributed by atoms with van der Waals surface area (Å²) in [6.07, 6.45) is 18.3. The minimum Gasteiger partial charge on any atom is -0.388 e. The Morgan fingerprint density at radius 3 is 1.82 bits per heavy atom. The molecule has 2 nitrogen and oxygen atoms in total. The van der Waals surface area contributed by atoms with Crippen LogP contribution in [0.15, 0.2) is 85.5 Å². The highest BCUT2D eigenvalue weighted by molar-refractivity contribution is 5.50. The Hall–Kier alpha value is -2.84. The molecule has 1 aliphatic rings. The average molecular weight is 599 g/mol. The van der Waals surface area contributed by atoms with E-state index in [1.807, 2.05) is 27.0 Å². The molecular weight excluding hydrogens is 532 g/mol. The third-order valence-electron chi connectivity index (χ3n) is 8.33. The van der Waals surface area contributed by atoms with Crippen molar-refractivity contribution in [3.8, 4) is 0 Å². The molecule has 1 aliphatic heterocycles. The Morgan fingerprint density at radius 1 is 0.705 bits per heavy atom. The lowest BCUT2D eigenvalue weighted by atomic mass is 9.89. The number of aryl methyl sites for hydroxylation is 4. The van der Waals surface area contributed by atoms with E-state index in [0.717, 1.165) is 18.8 Å². The number of rotatable bonds is 14. The highest BCUT2D eigenvalue weighted by Gasteiger charge is 2.14. The lowest BCUT2D eigenvalue weighted by Gasteiger charge is -2.23. The van der Waals surface area contributed by atoms with Crippen molar-refractivity contribution in [1.82, 2.24) is 5.32 Å². The number of para-hydroxylation sites is 1. The topological polar surface area (TPSA) is 24.1 Å². The molecule has 2 heteroatoms. The molecule has 0 bridgehead atoms. The van der Waals surface area contributed by atoms with E-state index in [1.54, 1.807) is 11.1 Å². The first-order chi connectivity index (χ1) is 21.7. The molecule has 44 heavy (non-hydrogen) atoms. The number of allylic oxidation sites excluding steroid dienone is 1. The van der Waals surface area contributed by atoms with E-state index in [2.05, 4.69) is 111 Å². The summed E-state index contributed by atoms with van der Waals surface area (Å²) in [6, 6.07) is 26.9. The predicted molar refractivity (Wildman–Crippen MR) is 199 cm³/mol. The number of piperidine rings is 1. The molecule has 1 saturated heterocycles. The van der Waals surface area contributed by atoms with E-state index in [4.69, 9.17) is 0 Å². The van der Waals surface area contributed by atoms with Crippen molar-refractivity contribution in [2.45, 2.75) is 124 Å². The smallest absolute Gasteiger partial charge is 0.0370 e. The van der Waals surface area contributed by atoms with Crippen LogP contribution in [0.2, 0.25) is 0 Å². The van der Waals surface area contributed by atoms with E-state index in [9.17, 15) is 0 Å². The molecule has 3 aromatic rings. The van der Waals surface area contributed by atoms with Gasteiger partial charge < -0.3 is 10.6 Å². The second-order valence-electron chi connectivity index (χ2n) is 11.5. The highest BCUT2D eigenvalue weighted by atomic mass is 14.9. The molecule has 4 rings (SSSR count). The van der Waals surface area contributed by atoms with Crippen molar-refractivity contribution in [2.24, 2.45) is 0 Å². The molecule has 1 fully saturated rings. The molecule has 244 valence electrons. The van der Waals surface area contributed by atoms with E-state index in [1.165, 1.54) is 106 Å². The molecule has 3 aromatic carbocycles. The quantitative estimate of drug-likeness (QED) is 0.142. The number of nitrogens with one attached hydrogen (secondary N) is 2. The Morgan fingerprint density at radius 2 is 1.25 bits per heavy atom. The number of hydrogen-bond acceptors (Lipinski definition) is 2. The molecular formula is C42H66N2. The van der Waals surface area contributed by atoms with Gasteiger partial charge in [-0.25, -0.2) is 0 Å². The zero-order valence-electron chi connectivity index (χ0n) is 29.4. The molecule has 0 radical (unpaired) electrons. The van der Waals surface area contributed by atoms with Gasteiger partial charge in [0, 0.05) is 12.7 Å². The molecule has 1 heterocycles. The van der Waals surface area contributed by atoms with E-state index < -0.39 is 0 Å². The second kappa shape index (κ2) is 26.6. The lowest BCUT2D eigenvalue weighted by Crippen LogP contribution is -2.26. The van der Waals surface area contributed by atoms with Crippen molar-refractivity contribution < 1.29 is 0 Å². The fourth-order valence-corrected chi connectivity index (χ4v) is 5.61. The maximum atomic E-state index is 3.48. The normalized spacial score (nSPS) is 12.4. The van der Waals surface area contributed by atoms with Crippen LogP contribution in [0.1, 0.15) is 126 Å². The number of benzene rings is 3. The molecule has 0 unspecified atom stereocenters. The molecule has 0 atom stereocenters. The Balaban J connectivity index is 0.000000446. The standard InChI is InChI=1S/C25H35N.C11H17N.C4H8.C2H6/c1-2-22-10-7-8-12-23(22)11-6-4-3-5-9-21-13-15-24(16-14-21)25-17-19-26-20-18-25;1-3-4-7-10-8-5-6-9-11(10)12-2;1-3-4-2;1-2/h7-8,10,12-16,25-26H,2-6,9,11,17-20H2,1H3;5-6,8-9,12H,3-4,7H2,1-2H3;3H,1,4H2,2H3;1-2H3. The summed E-state index contributed by atoms with van der Waals surface area (Å²) in [5.74, 6) is 0.774. The fourth-order valence-electron chi connectivity index (χ4n) is 5.61. The summed E-state index contributed by atoms with van der Waals surface area (Å²) in [5, 5.41) is 6.66. The second-order valence-corrected chi connectivity index (χ2v) is 11.5. The van der Waals surface area contributed by atoms with Crippen molar-refractivity contribution in [3.63, 3.8) is 0 Å². The number of unbranched alkanes of at least 4 members (excludes halogenated alkanes) is 4. The van der Waals surface area contributed by atoms with Crippen molar-refractivity contribution >= 4 is 5.69 Å². The largest absolute Gasteiger partial charge is 0.388 e. The third kappa shape index (κ3) is 16.3. The first-order valence-corrected chi connectivity index (χ1v) is 17.9. The first-order valence-electron chi connectivity index (χ1n) is 17.9. The van der Waals surface area contributed by atoms with Crippen LogP contribution in [0.3, 0.4) is 0 Å². The van der Waals surface area contributed by atoms with Crippen molar-refractivity contribution in [2.75, 3.05) is 25.5 Å². The summed E-state index contributed by atoms with van der Waals surface area (Å²) in [5.41, 5.74) is 8.85. The fraction of sp³-hybridized carbons (Fsp3) is 0.524. The van der Waals surface area contributed by atoms with Gasteiger partial charge in [-0.1, -0.05) is 127 Å². The van der Waals surface area contributed by atoms with Gasteiger partial charge in [0.05, 0.1) is 0 Å². The number of hydrogen-bond donors (Lipinski definition) is 2. The Labute approximate surface area is 273 Å². The zero-order valence-corrected chi connectivity index (χ0v) is 29.4.